The van der Waals surface area contributed by atoms with Crippen LogP contribution in [0.4, 0.5) is 0 Å². The van der Waals surface area contributed by atoms with Crippen molar-refractivity contribution in [1.29, 1.82) is 0 Å². The summed E-state index contributed by atoms with van der Waals surface area (Å²) in [5, 5.41) is 20.7. The summed E-state index contributed by atoms with van der Waals surface area (Å²) in [7, 11) is -9.78. The lowest BCUT2D eigenvalue weighted by Crippen LogP contribution is -2.30. The van der Waals surface area contributed by atoms with E-state index < -0.39 is 91.5 Å². The molecule has 5 unspecified atom stereocenters. The summed E-state index contributed by atoms with van der Waals surface area (Å²) < 4.78 is 61.3. The Morgan fingerprint density at radius 2 is 0.486 bits per heavy atom. The molecule has 0 rings (SSSR count). The van der Waals surface area contributed by atoms with Crippen LogP contribution in [-0.4, -0.2) is 95.9 Å². The Morgan fingerprint density at radius 1 is 0.266 bits per heavy atom. The van der Waals surface area contributed by atoms with Crippen LogP contribution < -0.4 is 0 Å². The Balaban J connectivity index is 4.42. The van der Waals surface area contributed by atoms with E-state index in [2.05, 4.69) is 130 Å². The van der Waals surface area contributed by atoms with E-state index in [0.717, 1.165) is 122 Å². The van der Waals surface area contributed by atoms with Gasteiger partial charge in [-0.25, -0.2) is 9.13 Å². The molecular weight excluding hydrogens is 1410 g/mol. The molecule has 0 aliphatic carbocycles. The number of aliphatic hydroxyl groups excluding tert-OH is 2. The predicted molar refractivity (Wildman–Crippen MR) is 454 cm³/mol. The van der Waals surface area contributed by atoms with Gasteiger partial charge in [-0.2, -0.15) is 0 Å². The zero-order valence-corrected chi connectivity index (χ0v) is 71.3. The Labute approximate surface area is 666 Å². The van der Waals surface area contributed by atoms with E-state index in [-0.39, 0.29) is 19.3 Å². The summed E-state index contributed by atoms with van der Waals surface area (Å²) in [6.07, 6.45) is 100. The average molecular weight is 1570 g/mol. The molecule has 0 radical (unpaired) electrons. The van der Waals surface area contributed by atoms with Crippen LogP contribution in [0, 0.1) is 0 Å². The normalized spacial score (nSPS) is 14.4. The first-order valence-electron chi connectivity index (χ1n) is 44.2. The number of carbonyl (C=O) groups is 3. The SMILES string of the molecule is CC/C=C\C/C=C\C/C=C\C/C=C\C/C=C\CCCCCCCCCCCCCCCC(=O)OCC(COP(=O)(O)OCC(O)COP(=O)(O)OCC(O)COC(=O)CCCCCCCCCCCCCCCCC/C=C\C/C=C\C/C=C\C/C=C\CCCCC)OC(=O)CCCCCCCCCCCCCCC. The second kappa shape index (κ2) is 83.6. The Kier molecular flexibility index (Phi) is 80.7. The summed E-state index contributed by atoms with van der Waals surface area (Å²) >= 11 is 0. The highest BCUT2D eigenvalue weighted by molar-refractivity contribution is 7.47. The molecule has 5 atom stereocenters. The first-order valence-corrected chi connectivity index (χ1v) is 47.2. The number of rotatable bonds is 84. The number of phosphoric ester groups is 2. The van der Waals surface area contributed by atoms with E-state index in [1.807, 2.05) is 0 Å². The molecule has 0 aliphatic rings. The van der Waals surface area contributed by atoms with Gasteiger partial charge in [0.2, 0.25) is 0 Å². The van der Waals surface area contributed by atoms with Gasteiger partial charge in [-0.1, -0.05) is 374 Å². The van der Waals surface area contributed by atoms with Crippen LogP contribution in [0.2, 0.25) is 0 Å². The first kappa shape index (κ1) is 105. The van der Waals surface area contributed by atoms with Crippen molar-refractivity contribution in [1.82, 2.24) is 0 Å². The van der Waals surface area contributed by atoms with E-state index >= 15 is 0 Å². The molecule has 0 aromatic heterocycles. The molecule has 0 aromatic carbocycles. The number of phosphoric acid groups is 2. The molecule has 0 aromatic rings. The lowest BCUT2D eigenvalue weighted by atomic mass is 10.0. The van der Waals surface area contributed by atoms with Crippen LogP contribution in [0.25, 0.3) is 0 Å². The zero-order valence-electron chi connectivity index (χ0n) is 69.5. The van der Waals surface area contributed by atoms with Crippen LogP contribution in [0.15, 0.2) is 109 Å². The standard InChI is InChI=1S/C91H162O16P2/c1-4-7-10-13-16-19-22-25-27-29-31-33-35-37-39-41-42-44-46-47-49-51-53-55-57-60-62-65-68-71-74-77-89(94)101-80-86(92)81-103-108(97,98)104-82-87(93)83-105-109(99,100)106-85-88(107-91(96)79-76-73-70-67-64-59-24-21-18-15-12-9-6-3)84-102-90(95)78-75-72-69-66-63-61-58-56-54-52-50-48-45-43-40-38-36-34-32-30-28-26-23-20-17-14-11-8-5-2/h8,11,16-17,19-20,25-28,31-34,37-40,86-88,92-93H,4-7,9-10,12-15,18,21-24,29-30,35-36,41-85H2,1-3H3,(H,97,98)(H,99,100)/b11-8-,19-16-,20-17-,27-25-,28-26-,33-31-,34-32-,39-37-,40-38-. The van der Waals surface area contributed by atoms with Crippen LogP contribution in [0.3, 0.4) is 0 Å². The molecule has 0 spiro atoms. The molecule has 0 saturated heterocycles. The molecule has 4 N–H and O–H groups in total. The molecule has 632 valence electrons. The predicted octanol–water partition coefficient (Wildman–Crippen LogP) is 26.7. The topological polar surface area (TPSA) is 231 Å². The number of aliphatic hydroxyl groups is 2. The van der Waals surface area contributed by atoms with Crippen LogP contribution in [0.1, 0.15) is 393 Å². The third-order valence-electron chi connectivity index (χ3n) is 19.0. The lowest BCUT2D eigenvalue weighted by molar-refractivity contribution is -0.161. The number of unbranched alkanes of at least 4 members (excludes halogenated alkanes) is 43. The molecule has 0 aliphatic heterocycles. The molecule has 0 heterocycles. The minimum absolute atomic E-state index is 0.109. The molecule has 109 heavy (non-hydrogen) atoms. The fourth-order valence-electron chi connectivity index (χ4n) is 12.3. The second-order valence-corrected chi connectivity index (χ2v) is 32.6. The van der Waals surface area contributed by atoms with Gasteiger partial charge in [-0.3, -0.25) is 32.5 Å². The quantitative estimate of drug-likeness (QED) is 0.0146. The molecule has 0 amide bonds. The van der Waals surface area contributed by atoms with Gasteiger partial charge in [0.25, 0.3) is 0 Å². The smallest absolute Gasteiger partial charge is 0.463 e. The van der Waals surface area contributed by atoms with Gasteiger partial charge in [0.05, 0.1) is 26.4 Å². The van der Waals surface area contributed by atoms with Crippen molar-refractivity contribution in [2.75, 3.05) is 39.6 Å². The average Bonchev–Trinajstić information content (AvgIpc) is 0.901. The minimum atomic E-state index is -4.93. The number of carbonyl (C=O) groups excluding carboxylic acids is 3. The van der Waals surface area contributed by atoms with E-state index in [1.165, 1.54) is 212 Å². The van der Waals surface area contributed by atoms with Crippen molar-refractivity contribution in [3.05, 3.63) is 109 Å². The molecule has 0 bridgehead atoms. The molecular formula is C91H162O16P2. The molecule has 18 heteroatoms. The highest BCUT2D eigenvalue weighted by Gasteiger charge is 2.29. The highest BCUT2D eigenvalue weighted by Crippen LogP contribution is 2.45. The fraction of sp³-hybridized carbons (Fsp3) is 0.769. The lowest BCUT2D eigenvalue weighted by Gasteiger charge is -2.21. The third-order valence-corrected chi connectivity index (χ3v) is 20.9. The maximum atomic E-state index is 13.0. The van der Waals surface area contributed by atoms with E-state index in [0.29, 0.717) is 19.3 Å². The Hall–Kier alpha value is -3.79. The fourth-order valence-corrected chi connectivity index (χ4v) is 13.9. The summed E-state index contributed by atoms with van der Waals surface area (Å²) in [6.45, 7) is 2.60. The van der Waals surface area contributed by atoms with E-state index in [4.69, 9.17) is 32.3 Å². The maximum Gasteiger partial charge on any atom is 0.472 e. The summed E-state index contributed by atoms with van der Waals surface area (Å²) in [6, 6.07) is 0. The number of hydrogen-bond donors (Lipinski definition) is 4. The van der Waals surface area contributed by atoms with E-state index in [9.17, 15) is 43.5 Å². The van der Waals surface area contributed by atoms with E-state index in [1.54, 1.807) is 0 Å². The summed E-state index contributed by atoms with van der Waals surface area (Å²) in [5.41, 5.74) is 0. The van der Waals surface area contributed by atoms with Crippen molar-refractivity contribution in [2.24, 2.45) is 0 Å². The minimum Gasteiger partial charge on any atom is -0.463 e. The van der Waals surface area contributed by atoms with Crippen LogP contribution in [-0.2, 0) is 55.8 Å². The van der Waals surface area contributed by atoms with Gasteiger partial charge in [-0.15, -0.1) is 0 Å². The number of hydrogen-bond acceptors (Lipinski definition) is 14. The third kappa shape index (κ3) is 84.9. The van der Waals surface area contributed by atoms with Crippen molar-refractivity contribution in [2.45, 2.75) is 411 Å². The summed E-state index contributed by atoms with van der Waals surface area (Å²) in [4.78, 5) is 58.8. The van der Waals surface area contributed by atoms with Crippen molar-refractivity contribution >= 4 is 33.6 Å². The second-order valence-electron chi connectivity index (χ2n) is 29.7. The summed E-state index contributed by atoms with van der Waals surface area (Å²) in [5.74, 6) is -1.56. The number of ether oxygens (including phenoxy) is 3. The zero-order chi connectivity index (χ0) is 79.4. The first-order chi connectivity index (χ1) is 53.2. The monoisotopic (exact) mass is 1570 g/mol. The number of esters is 3. The number of allylic oxidation sites excluding steroid dienone is 18. The molecule has 0 fully saturated rings. The van der Waals surface area contributed by atoms with Crippen molar-refractivity contribution in [3.63, 3.8) is 0 Å². The van der Waals surface area contributed by atoms with Crippen LogP contribution >= 0.6 is 15.6 Å². The van der Waals surface area contributed by atoms with Gasteiger partial charge < -0.3 is 34.2 Å². The highest BCUT2D eigenvalue weighted by atomic mass is 31.2. The van der Waals surface area contributed by atoms with Gasteiger partial charge >= 0.3 is 33.6 Å². The van der Waals surface area contributed by atoms with Gasteiger partial charge in [0.1, 0.15) is 25.4 Å². The van der Waals surface area contributed by atoms with Gasteiger partial charge in [-0.05, 0) is 109 Å². The van der Waals surface area contributed by atoms with Crippen molar-refractivity contribution in [3.8, 4) is 0 Å². The Morgan fingerprint density at radius 3 is 0.789 bits per heavy atom. The van der Waals surface area contributed by atoms with Gasteiger partial charge in [0.15, 0.2) is 6.10 Å². The van der Waals surface area contributed by atoms with Gasteiger partial charge in [0, 0.05) is 19.3 Å². The molecule has 16 nitrogen and oxygen atoms in total. The molecule has 0 saturated carbocycles. The Bertz CT molecular complexity index is 2420. The van der Waals surface area contributed by atoms with Crippen LogP contribution in [0.5, 0.6) is 0 Å². The van der Waals surface area contributed by atoms with Crippen molar-refractivity contribution < 1.29 is 75.8 Å². The maximum absolute atomic E-state index is 13.0. The largest absolute Gasteiger partial charge is 0.472 e.